The molecule has 4 N–H and O–H groups in total. The Morgan fingerprint density at radius 2 is 1.89 bits per heavy atom. The molecule has 2 aliphatic heterocycles. The van der Waals surface area contributed by atoms with Gasteiger partial charge in [-0.2, -0.15) is 0 Å². The fourth-order valence-corrected chi connectivity index (χ4v) is 7.30. The Balaban J connectivity index is 1.28. The van der Waals surface area contributed by atoms with Gasteiger partial charge in [0.2, 0.25) is 0 Å². The zero-order valence-electron chi connectivity index (χ0n) is 27.6. The smallest absolute Gasteiger partial charge is 0.254 e. The summed E-state index contributed by atoms with van der Waals surface area (Å²) in [7, 11) is 1.62. The Morgan fingerprint density at radius 3 is 2.52 bits per heavy atom. The van der Waals surface area contributed by atoms with E-state index in [0.29, 0.717) is 28.7 Å². The number of hydrogen-bond acceptors (Lipinski definition) is 7. The molecule has 4 aromatic heterocycles. The number of nitrogens with one attached hydrogen (secondary N) is 1. The van der Waals surface area contributed by atoms with Crippen LogP contribution in [-0.2, 0) is 11.3 Å². The number of carbonyl (C=O) groups excluding carboxylic acids is 2. The number of methoxy groups -OCH3 is 1. The van der Waals surface area contributed by atoms with Crippen LogP contribution in [0.25, 0.3) is 28.1 Å². The molecule has 1 aliphatic carbocycles. The second-order valence-corrected chi connectivity index (χ2v) is 14.2. The van der Waals surface area contributed by atoms with Crippen molar-refractivity contribution in [2.45, 2.75) is 103 Å². The standard InChI is InChI=1S/C35H45N7O4/c1-18(2)35(5,45)34(44)37-19(3)26-11-9-22-13-28(40(32(22)38-26)17-21-7-8-21)31-20(4)41-29(39-31)14-23(15-30(41)46-6)33(43)42-24-10-12-27(42)25(36)16-24/h9,11,13-15,18-19,21,24-25,27,45H,7-8,10,12,16-17,36H2,1-6H3,(H,37,44)/t19-,24+,25-,27-,35?/m1/s1. The monoisotopic (exact) mass is 627 g/mol. The van der Waals surface area contributed by atoms with Crippen molar-refractivity contribution >= 4 is 28.5 Å². The van der Waals surface area contributed by atoms with E-state index in [-0.39, 0.29) is 30.0 Å². The lowest BCUT2D eigenvalue weighted by Crippen LogP contribution is -2.48. The number of aliphatic hydroxyl groups is 1. The molecule has 46 heavy (non-hydrogen) atoms. The minimum atomic E-state index is -1.48. The highest BCUT2D eigenvalue weighted by Crippen LogP contribution is 2.40. The van der Waals surface area contributed by atoms with E-state index in [9.17, 15) is 14.7 Å². The fraction of sp³-hybridized carbons (Fsp3) is 0.543. The first-order valence-electron chi connectivity index (χ1n) is 16.6. The molecule has 7 rings (SSSR count). The summed E-state index contributed by atoms with van der Waals surface area (Å²) in [5.41, 5.74) is 10.3. The van der Waals surface area contributed by atoms with Gasteiger partial charge in [0.15, 0.2) is 5.88 Å². The molecule has 0 radical (unpaired) electrons. The minimum absolute atomic E-state index is 0.0147. The molecule has 5 atom stereocenters. The normalized spacial score (nSPS) is 23.0. The van der Waals surface area contributed by atoms with Crippen LogP contribution in [-0.4, -0.2) is 71.6 Å². The lowest BCUT2D eigenvalue weighted by atomic mass is 9.91. The zero-order chi connectivity index (χ0) is 32.7. The van der Waals surface area contributed by atoms with E-state index in [4.69, 9.17) is 20.4 Å². The van der Waals surface area contributed by atoms with Crippen LogP contribution >= 0.6 is 0 Å². The Bertz CT molecular complexity index is 1850. The summed E-state index contributed by atoms with van der Waals surface area (Å²) in [6.07, 6.45) is 5.14. The summed E-state index contributed by atoms with van der Waals surface area (Å²) in [5, 5.41) is 14.6. The van der Waals surface area contributed by atoms with Crippen LogP contribution < -0.4 is 15.8 Å². The predicted octanol–water partition coefficient (Wildman–Crippen LogP) is 4.37. The number of fused-ring (bicyclic) bond motifs is 4. The zero-order valence-corrected chi connectivity index (χ0v) is 27.6. The molecule has 3 aliphatic rings. The number of nitrogens with two attached hydrogens (primary N) is 1. The van der Waals surface area contributed by atoms with Gasteiger partial charge < -0.3 is 30.4 Å². The molecular formula is C35H45N7O4. The third-order valence-corrected chi connectivity index (χ3v) is 10.7. The molecule has 2 saturated heterocycles. The largest absolute Gasteiger partial charge is 0.482 e. The summed E-state index contributed by atoms with van der Waals surface area (Å²) in [5.74, 6) is 0.456. The second kappa shape index (κ2) is 11.1. The van der Waals surface area contributed by atoms with Gasteiger partial charge in [0.25, 0.3) is 11.8 Å². The van der Waals surface area contributed by atoms with Gasteiger partial charge in [-0.1, -0.05) is 13.8 Å². The van der Waals surface area contributed by atoms with Crippen LogP contribution in [0.2, 0.25) is 0 Å². The number of rotatable bonds is 9. The van der Waals surface area contributed by atoms with Crippen molar-refractivity contribution in [2.75, 3.05) is 7.11 Å². The van der Waals surface area contributed by atoms with Crippen LogP contribution in [0, 0.1) is 18.8 Å². The lowest BCUT2D eigenvalue weighted by Gasteiger charge is -2.28. The van der Waals surface area contributed by atoms with Gasteiger partial charge in [0.05, 0.1) is 30.2 Å². The molecule has 2 amide bonds. The highest BCUT2D eigenvalue weighted by Gasteiger charge is 2.47. The topological polar surface area (TPSA) is 140 Å². The Morgan fingerprint density at radius 1 is 1.13 bits per heavy atom. The summed E-state index contributed by atoms with van der Waals surface area (Å²) >= 11 is 0. The molecule has 4 aromatic rings. The maximum atomic E-state index is 13.8. The molecule has 3 fully saturated rings. The summed E-state index contributed by atoms with van der Waals surface area (Å²) < 4.78 is 10.0. The molecular weight excluding hydrogens is 582 g/mol. The van der Waals surface area contributed by atoms with Crippen molar-refractivity contribution in [1.82, 2.24) is 29.2 Å². The average Bonchev–Trinajstić information content (AvgIpc) is 3.35. The first-order valence-corrected chi connectivity index (χ1v) is 16.6. The first-order chi connectivity index (χ1) is 21.9. The van der Waals surface area contributed by atoms with Crippen LogP contribution in [0.4, 0.5) is 0 Å². The molecule has 6 heterocycles. The van der Waals surface area contributed by atoms with Crippen molar-refractivity contribution in [1.29, 1.82) is 0 Å². The fourth-order valence-electron chi connectivity index (χ4n) is 7.30. The number of amides is 2. The van der Waals surface area contributed by atoms with Gasteiger partial charge in [-0.15, -0.1) is 0 Å². The highest BCUT2D eigenvalue weighted by molar-refractivity contribution is 5.97. The van der Waals surface area contributed by atoms with Crippen molar-refractivity contribution in [3.63, 3.8) is 0 Å². The molecule has 1 unspecified atom stereocenters. The highest BCUT2D eigenvalue weighted by atomic mass is 16.5. The third-order valence-electron chi connectivity index (χ3n) is 10.7. The SMILES string of the molecule is COc1cc(C(=O)N2[C@H]3CC[C@@H]2[C@H](N)C3)cc2nc(-c3cc4ccc([C@@H](C)NC(=O)C(C)(O)C(C)C)nc4n3CC3CC3)c(C)n12. The van der Waals surface area contributed by atoms with E-state index in [1.54, 1.807) is 14.0 Å². The van der Waals surface area contributed by atoms with Crippen LogP contribution in [0.5, 0.6) is 5.88 Å². The van der Waals surface area contributed by atoms with Gasteiger partial charge >= 0.3 is 0 Å². The Labute approximate surface area is 269 Å². The van der Waals surface area contributed by atoms with Gasteiger partial charge in [0.1, 0.15) is 22.6 Å². The summed E-state index contributed by atoms with van der Waals surface area (Å²) in [6, 6.07) is 9.69. The third kappa shape index (κ3) is 4.95. The molecule has 0 aromatic carbocycles. The molecule has 0 spiro atoms. The predicted molar refractivity (Wildman–Crippen MR) is 176 cm³/mol. The molecule has 11 nitrogen and oxygen atoms in total. The van der Waals surface area contributed by atoms with Gasteiger partial charge in [-0.25, -0.2) is 9.97 Å². The van der Waals surface area contributed by atoms with E-state index in [1.807, 2.05) is 61.3 Å². The van der Waals surface area contributed by atoms with E-state index < -0.39 is 17.6 Å². The Kier molecular flexibility index (Phi) is 7.39. The van der Waals surface area contributed by atoms with Crippen molar-refractivity contribution < 1.29 is 19.4 Å². The van der Waals surface area contributed by atoms with Crippen LogP contribution in [0.1, 0.15) is 87.6 Å². The number of pyridine rings is 2. The van der Waals surface area contributed by atoms with Crippen molar-refractivity contribution in [3.8, 4) is 17.3 Å². The van der Waals surface area contributed by atoms with E-state index in [1.165, 1.54) is 12.8 Å². The number of aryl methyl sites for hydroxylation is 1. The van der Waals surface area contributed by atoms with E-state index in [0.717, 1.165) is 53.9 Å². The van der Waals surface area contributed by atoms with E-state index in [2.05, 4.69) is 16.0 Å². The summed E-state index contributed by atoms with van der Waals surface area (Å²) in [4.78, 5) is 38.8. The Hall–Kier alpha value is -3.96. The van der Waals surface area contributed by atoms with Gasteiger partial charge in [-0.3, -0.25) is 14.0 Å². The van der Waals surface area contributed by atoms with Crippen molar-refractivity contribution in [3.05, 3.63) is 47.3 Å². The minimum Gasteiger partial charge on any atom is -0.482 e. The number of ether oxygens (including phenoxy) is 1. The molecule has 2 bridgehead atoms. The maximum absolute atomic E-state index is 13.8. The maximum Gasteiger partial charge on any atom is 0.254 e. The molecule has 244 valence electrons. The quantitative estimate of drug-likeness (QED) is 0.250. The van der Waals surface area contributed by atoms with Gasteiger partial charge in [0, 0.05) is 41.7 Å². The molecule has 1 saturated carbocycles. The lowest BCUT2D eigenvalue weighted by molar-refractivity contribution is -0.143. The number of carbonyl (C=O) groups is 2. The first kappa shape index (κ1) is 30.7. The van der Waals surface area contributed by atoms with Crippen LogP contribution in [0.15, 0.2) is 30.3 Å². The number of aromatic nitrogens is 4. The van der Waals surface area contributed by atoms with Gasteiger partial charge in [-0.05, 0) is 89.0 Å². The van der Waals surface area contributed by atoms with E-state index >= 15 is 0 Å². The number of imidazole rings is 1. The van der Waals surface area contributed by atoms with Crippen LogP contribution in [0.3, 0.4) is 0 Å². The summed E-state index contributed by atoms with van der Waals surface area (Å²) in [6.45, 7) is 9.91. The van der Waals surface area contributed by atoms with Crippen molar-refractivity contribution in [2.24, 2.45) is 17.6 Å². The number of hydrogen-bond donors (Lipinski definition) is 3. The average molecular weight is 628 g/mol. The number of nitrogens with zero attached hydrogens (tertiary/aromatic N) is 5. The molecule has 11 heteroatoms. The second-order valence-electron chi connectivity index (χ2n) is 14.2.